The Morgan fingerprint density at radius 3 is 2.79 bits per heavy atom. The highest BCUT2D eigenvalue weighted by Gasteiger charge is 2.00. The summed E-state index contributed by atoms with van der Waals surface area (Å²) in [5.74, 6) is 0.163. The summed E-state index contributed by atoms with van der Waals surface area (Å²) in [5.41, 5.74) is 7.18. The van der Waals surface area contributed by atoms with Gasteiger partial charge in [-0.3, -0.25) is 9.78 Å². The second-order valence-electron chi connectivity index (χ2n) is 4.39. The molecular formula is C14H18N4O. The van der Waals surface area contributed by atoms with E-state index in [1.807, 2.05) is 18.2 Å². The van der Waals surface area contributed by atoms with Gasteiger partial charge in [-0.25, -0.2) is 4.98 Å². The van der Waals surface area contributed by atoms with Crippen molar-refractivity contribution in [2.45, 2.75) is 19.4 Å². The van der Waals surface area contributed by atoms with Crippen LogP contribution >= 0.6 is 0 Å². The molecule has 1 aromatic heterocycles. The average Bonchev–Trinajstić information content (AvgIpc) is 2.42. The molecule has 0 bridgehead atoms. The van der Waals surface area contributed by atoms with Gasteiger partial charge in [-0.15, -0.1) is 0 Å². The summed E-state index contributed by atoms with van der Waals surface area (Å²) in [6, 6.07) is 10.2. The van der Waals surface area contributed by atoms with E-state index < -0.39 is 0 Å². The third-order valence-electron chi connectivity index (χ3n) is 2.86. The second kappa shape index (κ2) is 6.70. The van der Waals surface area contributed by atoms with Crippen molar-refractivity contribution in [2.24, 2.45) is 0 Å². The predicted octanol–water partition coefficient (Wildman–Crippen LogP) is 1.07. The number of hydrogen-bond acceptors (Lipinski definition) is 4. The fourth-order valence-electron chi connectivity index (χ4n) is 1.85. The number of aryl methyl sites for hydroxylation is 1. The molecule has 19 heavy (non-hydrogen) atoms. The molecule has 5 nitrogen and oxygen atoms in total. The van der Waals surface area contributed by atoms with Gasteiger partial charge in [0.2, 0.25) is 0 Å². The third-order valence-corrected chi connectivity index (χ3v) is 2.86. The lowest BCUT2D eigenvalue weighted by Gasteiger charge is -2.04. The van der Waals surface area contributed by atoms with Crippen molar-refractivity contribution in [1.29, 1.82) is 0 Å². The number of aromatic amines is 1. The quantitative estimate of drug-likeness (QED) is 0.677. The highest BCUT2D eigenvalue weighted by atomic mass is 16.1. The van der Waals surface area contributed by atoms with Crippen LogP contribution in [0.15, 0.2) is 41.3 Å². The van der Waals surface area contributed by atoms with E-state index in [4.69, 9.17) is 5.73 Å². The maximum absolute atomic E-state index is 11.5. The second-order valence-corrected chi connectivity index (χ2v) is 4.39. The summed E-state index contributed by atoms with van der Waals surface area (Å²) in [6.07, 6.45) is 3.14. The summed E-state index contributed by atoms with van der Waals surface area (Å²) in [7, 11) is 0. The van der Waals surface area contributed by atoms with Crippen molar-refractivity contribution in [3.8, 4) is 0 Å². The van der Waals surface area contributed by atoms with Crippen molar-refractivity contribution in [3.05, 3.63) is 58.0 Å². The zero-order valence-electron chi connectivity index (χ0n) is 10.7. The van der Waals surface area contributed by atoms with Gasteiger partial charge in [0.15, 0.2) is 5.95 Å². The summed E-state index contributed by atoms with van der Waals surface area (Å²) >= 11 is 0. The van der Waals surface area contributed by atoms with Gasteiger partial charge in [-0.2, -0.15) is 0 Å². The molecular weight excluding hydrogens is 240 g/mol. The van der Waals surface area contributed by atoms with Crippen LogP contribution in [0.5, 0.6) is 0 Å². The smallest absolute Gasteiger partial charge is 0.255 e. The van der Waals surface area contributed by atoms with Crippen molar-refractivity contribution >= 4 is 5.95 Å². The van der Waals surface area contributed by atoms with Crippen LogP contribution in [0.1, 0.15) is 17.5 Å². The zero-order valence-corrected chi connectivity index (χ0v) is 10.7. The Labute approximate surface area is 111 Å². The average molecular weight is 258 g/mol. The number of nitrogens with two attached hydrogens (primary N) is 1. The molecule has 0 atom stereocenters. The van der Waals surface area contributed by atoms with E-state index >= 15 is 0 Å². The topological polar surface area (TPSA) is 83.8 Å². The van der Waals surface area contributed by atoms with E-state index in [-0.39, 0.29) is 11.5 Å². The van der Waals surface area contributed by atoms with E-state index in [0.29, 0.717) is 12.0 Å². The number of nitrogen functional groups attached to an aromatic ring is 1. The summed E-state index contributed by atoms with van der Waals surface area (Å²) in [5, 5.41) is 3.35. The Morgan fingerprint density at radius 1 is 1.26 bits per heavy atom. The fourth-order valence-corrected chi connectivity index (χ4v) is 1.85. The van der Waals surface area contributed by atoms with Crippen LogP contribution in [0, 0.1) is 0 Å². The molecule has 0 aliphatic carbocycles. The maximum Gasteiger partial charge on any atom is 0.255 e. The zero-order chi connectivity index (χ0) is 13.5. The molecule has 0 saturated heterocycles. The predicted molar refractivity (Wildman–Crippen MR) is 75.7 cm³/mol. The molecule has 0 spiro atoms. The van der Waals surface area contributed by atoms with Crippen molar-refractivity contribution in [1.82, 2.24) is 15.3 Å². The van der Waals surface area contributed by atoms with Crippen LogP contribution in [0.25, 0.3) is 0 Å². The molecule has 0 fully saturated rings. The molecule has 2 aromatic rings. The Hall–Kier alpha value is -2.14. The van der Waals surface area contributed by atoms with Crippen molar-refractivity contribution < 1.29 is 0 Å². The van der Waals surface area contributed by atoms with Crippen LogP contribution in [-0.4, -0.2) is 16.5 Å². The minimum atomic E-state index is -0.143. The molecule has 0 aliphatic rings. The molecule has 100 valence electrons. The largest absolute Gasteiger partial charge is 0.369 e. The molecule has 1 aromatic carbocycles. The molecule has 5 heteroatoms. The van der Waals surface area contributed by atoms with E-state index in [1.165, 1.54) is 5.56 Å². The van der Waals surface area contributed by atoms with Crippen LogP contribution < -0.4 is 16.6 Å². The Balaban J connectivity index is 1.71. The van der Waals surface area contributed by atoms with Gasteiger partial charge in [0.25, 0.3) is 5.56 Å². The van der Waals surface area contributed by atoms with Gasteiger partial charge in [0, 0.05) is 18.3 Å². The first-order valence-electron chi connectivity index (χ1n) is 6.34. The number of H-pyrrole nitrogens is 1. The number of nitrogens with zero attached hydrogens (tertiary/aromatic N) is 1. The van der Waals surface area contributed by atoms with Gasteiger partial charge in [0.05, 0.1) is 0 Å². The summed E-state index contributed by atoms with van der Waals surface area (Å²) < 4.78 is 0. The molecule has 0 amide bonds. The number of hydrogen-bond donors (Lipinski definition) is 3. The monoisotopic (exact) mass is 258 g/mol. The van der Waals surface area contributed by atoms with E-state index in [2.05, 4.69) is 27.4 Å². The van der Waals surface area contributed by atoms with E-state index in [9.17, 15) is 4.79 Å². The van der Waals surface area contributed by atoms with E-state index in [1.54, 1.807) is 6.20 Å². The van der Waals surface area contributed by atoms with Gasteiger partial charge in [-0.1, -0.05) is 30.3 Å². The van der Waals surface area contributed by atoms with Gasteiger partial charge in [-0.05, 0) is 24.9 Å². The van der Waals surface area contributed by atoms with Crippen molar-refractivity contribution in [2.75, 3.05) is 12.3 Å². The lowest BCUT2D eigenvalue weighted by Crippen LogP contribution is -2.19. The van der Waals surface area contributed by atoms with Crippen LogP contribution in [0.4, 0.5) is 5.95 Å². The molecule has 0 unspecified atom stereocenters. The number of rotatable bonds is 6. The Morgan fingerprint density at radius 2 is 2.05 bits per heavy atom. The third kappa shape index (κ3) is 4.22. The first-order valence-corrected chi connectivity index (χ1v) is 6.34. The number of benzene rings is 1. The van der Waals surface area contributed by atoms with E-state index in [0.717, 1.165) is 19.5 Å². The first-order chi connectivity index (χ1) is 9.25. The minimum Gasteiger partial charge on any atom is -0.369 e. The Kier molecular flexibility index (Phi) is 4.69. The van der Waals surface area contributed by atoms with Crippen LogP contribution in [0.3, 0.4) is 0 Å². The molecule has 4 N–H and O–H groups in total. The van der Waals surface area contributed by atoms with Crippen molar-refractivity contribution in [3.63, 3.8) is 0 Å². The Bertz CT molecular complexity index is 565. The minimum absolute atomic E-state index is 0.143. The summed E-state index contributed by atoms with van der Waals surface area (Å²) in [4.78, 5) is 17.9. The number of anilines is 1. The molecule has 0 saturated carbocycles. The lowest BCUT2D eigenvalue weighted by atomic mass is 10.2. The fraction of sp³-hybridized carbons (Fsp3) is 0.286. The molecule has 2 rings (SSSR count). The maximum atomic E-state index is 11.5. The molecule has 0 aliphatic heterocycles. The first kappa shape index (κ1) is 13.3. The van der Waals surface area contributed by atoms with Gasteiger partial charge in [0.1, 0.15) is 0 Å². The van der Waals surface area contributed by atoms with Crippen LogP contribution in [0.2, 0.25) is 0 Å². The lowest BCUT2D eigenvalue weighted by molar-refractivity contribution is 0.647. The highest BCUT2D eigenvalue weighted by molar-refractivity contribution is 5.17. The summed E-state index contributed by atoms with van der Waals surface area (Å²) in [6.45, 7) is 1.70. The van der Waals surface area contributed by atoms with Gasteiger partial charge < -0.3 is 11.1 Å². The molecule has 1 heterocycles. The normalized spacial score (nSPS) is 10.5. The number of aromatic nitrogens is 2. The standard InChI is InChI=1S/C14H18N4O/c15-14-17-10-12(13(19)18-14)7-4-8-16-9-11-5-2-1-3-6-11/h1-3,5-6,10,16H,4,7-9H2,(H3,15,17,18,19). The molecule has 0 radical (unpaired) electrons. The number of nitrogens with one attached hydrogen (secondary N) is 2. The highest BCUT2D eigenvalue weighted by Crippen LogP contribution is 1.98. The van der Waals surface area contributed by atoms with Gasteiger partial charge >= 0.3 is 0 Å². The SMILES string of the molecule is Nc1ncc(CCCNCc2ccccc2)c(=O)[nH]1. The van der Waals surface area contributed by atoms with Crippen LogP contribution in [-0.2, 0) is 13.0 Å².